The van der Waals surface area contributed by atoms with E-state index in [1.54, 1.807) is 6.20 Å². The van der Waals surface area contributed by atoms with Gasteiger partial charge in [-0.1, -0.05) is 22.0 Å². The maximum Gasteiger partial charge on any atom is 0.224 e. The van der Waals surface area contributed by atoms with E-state index in [0.29, 0.717) is 12.0 Å². The molecular weight excluding hydrogens is 368 g/mol. The number of fused-ring (bicyclic) bond motifs is 1. The Morgan fingerprint density at radius 3 is 2.79 bits per heavy atom. The molecule has 0 spiro atoms. The Labute approximate surface area is 148 Å². The Morgan fingerprint density at radius 2 is 1.96 bits per heavy atom. The van der Waals surface area contributed by atoms with Crippen molar-refractivity contribution in [3.8, 4) is 5.82 Å². The number of halogens is 1. The molecule has 2 aromatic heterocycles. The molecule has 3 aromatic rings. The molecular formula is C18H19BrN4O. The van der Waals surface area contributed by atoms with Gasteiger partial charge in [-0.3, -0.25) is 0 Å². The molecule has 1 aromatic carbocycles. The predicted octanol–water partition coefficient (Wildman–Crippen LogP) is 3.90. The average Bonchev–Trinajstić information content (AvgIpc) is 3.03. The molecule has 6 heteroatoms. The molecule has 1 aliphatic carbocycles. The molecule has 0 saturated heterocycles. The lowest BCUT2D eigenvalue weighted by molar-refractivity contribution is 0.126. The van der Waals surface area contributed by atoms with Gasteiger partial charge >= 0.3 is 0 Å². The third kappa shape index (κ3) is 3.03. The van der Waals surface area contributed by atoms with Crippen LogP contribution in [0.15, 0.2) is 47.2 Å². The summed E-state index contributed by atoms with van der Waals surface area (Å²) >= 11 is 3.59. The Bertz CT molecular complexity index is 855. The number of hydrogen-bond acceptors (Lipinski definition) is 4. The summed E-state index contributed by atoms with van der Waals surface area (Å²) < 4.78 is 3.14. The van der Waals surface area contributed by atoms with Gasteiger partial charge in [0.05, 0.1) is 11.6 Å². The third-order valence-electron chi connectivity index (χ3n) is 4.60. The normalized spacial score (nSPS) is 21.1. The number of aromatic nitrogens is 3. The highest BCUT2D eigenvalue weighted by Crippen LogP contribution is 2.27. The maximum absolute atomic E-state index is 9.62. The van der Waals surface area contributed by atoms with Gasteiger partial charge in [0.1, 0.15) is 5.82 Å². The Balaban J connectivity index is 1.61. The highest BCUT2D eigenvalue weighted by atomic mass is 79.9. The van der Waals surface area contributed by atoms with E-state index in [1.807, 2.05) is 24.4 Å². The molecule has 0 unspecified atom stereocenters. The first kappa shape index (κ1) is 15.6. The van der Waals surface area contributed by atoms with Gasteiger partial charge in [-0.25, -0.2) is 4.98 Å². The Morgan fingerprint density at radius 1 is 1.12 bits per heavy atom. The summed E-state index contributed by atoms with van der Waals surface area (Å²) in [6, 6.07) is 10.5. The minimum atomic E-state index is -0.153. The van der Waals surface area contributed by atoms with Crippen LogP contribution in [0.4, 0.5) is 5.95 Å². The summed E-state index contributed by atoms with van der Waals surface area (Å²) in [5.74, 6) is 1.49. The van der Waals surface area contributed by atoms with Gasteiger partial charge in [0.15, 0.2) is 0 Å². The minimum absolute atomic E-state index is 0.153. The van der Waals surface area contributed by atoms with Crippen LogP contribution in [0.25, 0.3) is 16.7 Å². The number of hydrogen-bond donors (Lipinski definition) is 2. The lowest BCUT2D eigenvalue weighted by atomic mass is 9.93. The van der Waals surface area contributed by atoms with Crippen molar-refractivity contribution in [2.75, 3.05) is 5.32 Å². The highest BCUT2D eigenvalue weighted by molar-refractivity contribution is 9.10. The molecule has 124 valence electrons. The fourth-order valence-electron chi connectivity index (χ4n) is 3.29. The summed E-state index contributed by atoms with van der Waals surface area (Å²) in [5.41, 5.74) is 1.11. The Kier molecular flexibility index (Phi) is 4.24. The second kappa shape index (κ2) is 6.53. The summed E-state index contributed by atoms with van der Waals surface area (Å²) in [6.45, 7) is 0. The van der Waals surface area contributed by atoms with Gasteiger partial charge < -0.3 is 15.0 Å². The van der Waals surface area contributed by atoms with E-state index in [9.17, 15) is 5.11 Å². The van der Waals surface area contributed by atoms with Gasteiger partial charge in [0.2, 0.25) is 5.95 Å². The standard InChI is InChI=1S/C18H19BrN4O/c19-15-2-1-3-16-14(15)9-11-23(16)17-8-10-20-18(22-17)21-12-4-6-13(24)7-5-12/h1-3,8-13,24H,4-7H2,(H,20,21,22). The zero-order valence-electron chi connectivity index (χ0n) is 13.2. The van der Waals surface area contributed by atoms with Crippen LogP contribution in [0, 0.1) is 0 Å². The monoisotopic (exact) mass is 386 g/mol. The van der Waals surface area contributed by atoms with Crippen molar-refractivity contribution in [2.24, 2.45) is 0 Å². The summed E-state index contributed by atoms with van der Waals surface area (Å²) in [6.07, 6.45) is 7.24. The molecule has 4 rings (SSSR count). The number of nitrogens with one attached hydrogen (secondary N) is 1. The SMILES string of the molecule is OC1CCC(Nc2nccc(-n3ccc4c(Br)cccc43)n2)CC1. The van der Waals surface area contributed by atoms with Crippen molar-refractivity contribution >= 4 is 32.8 Å². The van der Waals surface area contributed by atoms with Crippen LogP contribution in [0.1, 0.15) is 25.7 Å². The number of rotatable bonds is 3. The van der Waals surface area contributed by atoms with Gasteiger partial charge in [0, 0.05) is 28.3 Å². The van der Waals surface area contributed by atoms with Crippen molar-refractivity contribution in [3.63, 3.8) is 0 Å². The van der Waals surface area contributed by atoms with Crippen LogP contribution >= 0.6 is 15.9 Å². The third-order valence-corrected chi connectivity index (χ3v) is 5.29. The number of aliphatic hydroxyl groups is 1. The molecule has 2 N–H and O–H groups in total. The molecule has 0 radical (unpaired) electrons. The van der Waals surface area contributed by atoms with Crippen molar-refractivity contribution in [1.82, 2.24) is 14.5 Å². The van der Waals surface area contributed by atoms with E-state index in [-0.39, 0.29) is 6.10 Å². The lowest BCUT2D eigenvalue weighted by Crippen LogP contribution is -2.29. The number of aliphatic hydroxyl groups excluding tert-OH is 1. The smallest absolute Gasteiger partial charge is 0.224 e. The van der Waals surface area contributed by atoms with E-state index >= 15 is 0 Å². The molecule has 1 aliphatic rings. The second-order valence-corrected chi connectivity index (χ2v) is 7.10. The second-order valence-electron chi connectivity index (χ2n) is 6.25. The number of anilines is 1. The molecule has 0 atom stereocenters. The van der Waals surface area contributed by atoms with Crippen LogP contribution in [-0.2, 0) is 0 Å². The van der Waals surface area contributed by atoms with Crippen LogP contribution in [0.2, 0.25) is 0 Å². The van der Waals surface area contributed by atoms with E-state index < -0.39 is 0 Å². The van der Waals surface area contributed by atoms with E-state index in [0.717, 1.165) is 46.9 Å². The van der Waals surface area contributed by atoms with E-state index in [4.69, 9.17) is 0 Å². The van der Waals surface area contributed by atoms with Crippen molar-refractivity contribution < 1.29 is 5.11 Å². The van der Waals surface area contributed by atoms with Gasteiger partial charge in [-0.05, 0) is 49.9 Å². The number of benzene rings is 1. The van der Waals surface area contributed by atoms with Gasteiger partial charge in [-0.15, -0.1) is 0 Å². The average molecular weight is 387 g/mol. The molecule has 0 amide bonds. The maximum atomic E-state index is 9.62. The molecule has 1 fully saturated rings. The quantitative estimate of drug-likeness (QED) is 0.716. The zero-order valence-corrected chi connectivity index (χ0v) is 14.8. The van der Waals surface area contributed by atoms with Crippen LogP contribution in [0.3, 0.4) is 0 Å². The van der Waals surface area contributed by atoms with Crippen molar-refractivity contribution in [3.05, 3.63) is 47.2 Å². The van der Waals surface area contributed by atoms with Crippen LogP contribution in [0.5, 0.6) is 0 Å². The molecule has 2 heterocycles. The van der Waals surface area contributed by atoms with E-state index in [1.165, 1.54) is 0 Å². The summed E-state index contributed by atoms with van der Waals surface area (Å²) in [5, 5.41) is 14.2. The van der Waals surface area contributed by atoms with Crippen molar-refractivity contribution in [2.45, 2.75) is 37.8 Å². The van der Waals surface area contributed by atoms with Crippen molar-refractivity contribution in [1.29, 1.82) is 0 Å². The highest BCUT2D eigenvalue weighted by Gasteiger charge is 2.20. The first-order chi connectivity index (χ1) is 11.7. The first-order valence-corrected chi connectivity index (χ1v) is 9.03. The first-order valence-electron chi connectivity index (χ1n) is 8.24. The summed E-state index contributed by atoms with van der Waals surface area (Å²) in [7, 11) is 0. The van der Waals surface area contributed by atoms with Crippen LogP contribution in [-0.4, -0.2) is 31.8 Å². The number of nitrogens with zero attached hydrogens (tertiary/aromatic N) is 3. The molecule has 0 aliphatic heterocycles. The molecule has 5 nitrogen and oxygen atoms in total. The summed E-state index contributed by atoms with van der Waals surface area (Å²) in [4.78, 5) is 9.02. The zero-order chi connectivity index (χ0) is 16.5. The minimum Gasteiger partial charge on any atom is -0.393 e. The molecule has 0 bridgehead atoms. The predicted molar refractivity (Wildman–Crippen MR) is 98.5 cm³/mol. The van der Waals surface area contributed by atoms with Crippen LogP contribution < -0.4 is 5.32 Å². The largest absolute Gasteiger partial charge is 0.393 e. The Hall–Kier alpha value is -1.92. The van der Waals surface area contributed by atoms with Gasteiger partial charge in [-0.2, -0.15) is 4.98 Å². The van der Waals surface area contributed by atoms with Gasteiger partial charge in [0.25, 0.3) is 0 Å². The topological polar surface area (TPSA) is 63.0 Å². The van der Waals surface area contributed by atoms with E-state index in [2.05, 4.69) is 47.9 Å². The molecule has 24 heavy (non-hydrogen) atoms. The fourth-order valence-corrected chi connectivity index (χ4v) is 3.77. The fraction of sp³-hybridized carbons (Fsp3) is 0.333. The molecule has 1 saturated carbocycles. The lowest BCUT2D eigenvalue weighted by Gasteiger charge is -2.26.